The molecule has 114 valence electrons. The van der Waals surface area contributed by atoms with Gasteiger partial charge in [0.2, 0.25) is 17.0 Å². The van der Waals surface area contributed by atoms with Crippen molar-refractivity contribution >= 4 is 5.71 Å². The van der Waals surface area contributed by atoms with Crippen molar-refractivity contribution in [1.82, 2.24) is 15.2 Å². The van der Waals surface area contributed by atoms with Gasteiger partial charge in [-0.15, -0.1) is 0 Å². The summed E-state index contributed by atoms with van der Waals surface area (Å²) in [6.07, 6.45) is 1.34. The van der Waals surface area contributed by atoms with Crippen molar-refractivity contribution in [2.75, 3.05) is 26.3 Å². The average molecular weight is 294 g/mol. The van der Waals surface area contributed by atoms with Crippen LogP contribution in [0, 0.1) is 5.21 Å². The number of hydrogen-bond donors (Lipinski definition) is 1. The Hall–Kier alpha value is -1.51. The van der Waals surface area contributed by atoms with Gasteiger partial charge in [-0.2, -0.15) is 4.74 Å². The van der Waals surface area contributed by atoms with Gasteiger partial charge in [0.05, 0.1) is 19.6 Å². The molecular formula is C13H18N4O4. The quantitative estimate of drug-likeness (QED) is 0.556. The maximum absolute atomic E-state index is 12.9. The lowest BCUT2D eigenvalue weighted by molar-refractivity contribution is -0.572. The summed E-state index contributed by atoms with van der Waals surface area (Å²) >= 11 is 0. The molecule has 0 bridgehead atoms. The summed E-state index contributed by atoms with van der Waals surface area (Å²) in [6, 6.07) is 0. The molecule has 4 rings (SSSR count). The lowest BCUT2D eigenvalue weighted by Crippen LogP contribution is -2.55. The van der Waals surface area contributed by atoms with Gasteiger partial charge in [-0.05, 0) is 0 Å². The largest absolute Gasteiger partial charge is 0.622 e. The monoisotopic (exact) mass is 294 g/mol. The predicted octanol–water partition coefficient (Wildman–Crippen LogP) is -0.393. The SMILES string of the molecule is C[C@]1(N2CCOCC2)C[C@]2(O)C(=[N+]1[O-])CCc1nonc12. The molecule has 1 N–H and O–H groups in total. The first-order valence-corrected chi connectivity index (χ1v) is 7.26. The molecule has 0 saturated carbocycles. The molecule has 0 spiro atoms. The predicted molar refractivity (Wildman–Crippen MR) is 70.6 cm³/mol. The number of aryl methyl sites for hydroxylation is 1. The van der Waals surface area contributed by atoms with Crippen LogP contribution < -0.4 is 0 Å². The minimum absolute atomic E-state index is 0.278. The Bertz CT molecular complexity index is 609. The zero-order valence-electron chi connectivity index (χ0n) is 11.9. The van der Waals surface area contributed by atoms with E-state index in [1.165, 1.54) is 0 Å². The normalized spacial score (nSPS) is 36.7. The molecule has 0 unspecified atom stereocenters. The Balaban J connectivity index is 1.77. The molecule has 2 aliphatic heterocycles. The van der Waals surface area contributed by atoms with Crippen molar-refractivity contribution in [2.24, 2.45) is 0 Å². The first kappa shape index (κ1) is 13.2. The second-order valence-electron chi connectivity index (χ2n) is 6.15. The van der Waals surface area contributed by atoms with Gasteiger partial charge in [0.25, 0.3) is 0 Å². The molecule has 8 heteroatoms. The van der Waals surface area contributed by atoms with Crippen LogP contribution in [0.5, 0.6) is 0 Å². The molecule has 1 fully saturated rings. The average Bonchev–Trinajstić information content (AvgIpc) is 3.04. The Morgan fingerprint density at radius 1 is 1.29 bits per heavy atom. The molecule has 1 aromatic rings. The number of nitrogens with zero attached hydrogens (tertiary/aromatic N) is 4. The smallest absolute Gasteiger partial charge is 0.230 e. The highest BCUT2D eigenvalue weighted by Crippen LogP contribution is 2.45. The van der Waals surface area contributed by atoms with Crippen LogP contribution in [-0.2, 0) is 16.8 Å². The van der Waals surface area contributed by atoms with Gasteiger partial charge in [0.15, 0.2) is 5.69 Å². The van der Waals surface area contributed by atoms with E-state index in [9.17, 15) is 10.3 Å². The molecule has 3 aliphatic rings. The third kappa shape index (κ3) is 1.63. The summed E-state index contributed by atoms with van der Waals surface area (Å²) in [5, 5.41) is 31.6. The number of fused-ring (bicyclic) bond motifs is 3. The van der Waals surface area contributed by atoms with E-state index in [1.807, 2.05) is 6.92 Å². The third-order valence-electron chi connectivity index (χ3n) is 4.99. The molecule has 0 aromatic carbocycles. The summed E-state index contributed by atoms with van der Waals surface area (Å²) in [5.74, 6) is 0. The van der Waals surface area contributed by atoms with Crippen LogP contribution >= 0.6 is 0 Å². The fourth-order valence-electron chi connectivity index (χ4n) is 3.85. The highest BCUT2D eigenvalue weighted by atomic mass is 16.6. The van der Waals surface area contributed by atoms with Crippen LogP contribution in [0.3, 0.4) is 0 Å². The van der Waals surface area contributed by atoms with E-state index >= 15 is 0 Å². The van der Waals surface area contributed by atoms with Gasteiger partial charge in [-0.1, -0.05) is 10.3 Å². The number of rotatable bonds is 1. The lowest BCUT2D eigenvalue weighted by atomic mass is 9.81. The van der Waals surface area contributed by atoms with Crippen molar-refractivity contribution in [3.8, 4) is 0 Å². The highest BCUT2D eigenvalue weighted by Gasteiger charge is 2.63. The van der Waals surface area contributed by atoms with E-state index in [2.05, 4.69) is 15.2 Å². The summed E-state index contributed by atoms with van der Waals surface area (Å²) in [5.41, 5.74) is -0.612. The van der Waals surface area contributed by atoms with Crippen molar-refractivity contribution in [2.45, 2.75) is 37.5 Å². The summed E-state index contributed by atoms with van der Waals surface area (Å²) in [6.45, 7) is 4.45. The Labute approximate surface area is 121 Å². The third-order valence-corrected chi connectivity index (χ3v) is 4.99. The van der Waals surface area contributed by atoms with Gasteiger partial charge in [-0.3, -0.25) is 0 Å². The topological polar surface area (TPSA) is 97.7 Å². The van der Waals surface area contributed by atoms with Crippen molar-refractivity contribution in [1.29, 1.82) is 0 Å². The molecule has 8 nitrogen and oxygen atoms in total. The van der Waals surface area contributed by atoms with Crippen molar-refractivity contribution in [3.05, 3.63) is 16.6 Å². The molecule has 2 atom stereocenters. The van der Waals surface area contributed by atoms with Crippen molar-refractivity contribution < 1.29 is 19.2 Å². The number of ether oxygens (including phenoxy) is 1. The van der Waals surface area contributed by atoms with Gasteiger partial charge in [-0.25, -0.2) is 9.53 Å². The van der Waals surface area contributed by atoms with Gasteiger partial charge >= 0.3 is 0 Å². The number of aliphatic hydroxyl groups is 1. The van der Waals surface area contributed by atoms with Crippen LogP contribution in [0.15, 0.2) is 4.63 Å². The fraction of sp³-hybridized carbons (Fsp3) is 0.769. The van der Waals surface area contributed by atoms with E-state index in [0.29, 0.717) is 56.2 Å². The highest BCUT2D eigenvalue weighted by molar-refractivity contribution is 5.92. The standard InChI is InChI=1S/C13H18N4O4/c1-12(16-4-6-20-7-5-16)8-13(18)10(17(12)19)3-2-9-11(13)15-21-14-9/h18H,2-8H2,1H3/t12-,13+/m1/s1. The van der Waals surface area contributed by atoms with E-state index in [4.69, 9.17) is 9.37 Å². The molecule has 1 saturated heterocycles. The number of aromatic nitrogens is 2. The van der Waals surface area contributed by atoms with Crippen LogP contribution in [0.25, 0.3) is 0 Å². The molecule has 0 radical (unpaired) electrons. The first-order valence-electron chi connectivity index (χ1n) is 7.26. The summed E-state index contributed by atoms with van der Waals surface area (Å²) in [7, 11) is 0. The van der Waals surface area contributed by atoms with E-state index in [0.717, 1.165) is 4.74 Å². The Kier molecular flexibility index (Phi) is 2.66. The van der Waals surface area contributed by atoms with Crippen LogP contribution in [0.1, 0.15) is 31.2 Å². The number of hydrogen-bond acceptors (Lipinski definition) is 7. The first-order chi connectivity index (χ1) is 10.1. The van der Waals surface area contributed by atoms with Gasteiger partial charge in [0, 0.05) is 32.9 Å². The maximum Gasteiger partial charge on any atom is 0.230 e. The van der Waals surface area contributed by atoms with Crippen LogP contribution in [0.4, 0.5) is 0 Å². The van der Waals surface area contributed by atoms with Crippen LogP contribution in [-0.4, -0.2) is 62.7 Å². The summed E-state index contributed by atoms with van der Waals surface area (Å²) in [4.78, 5) is 2.08. The summed E-state index contributed by atoms with van der Waals surface area (Å²) < 4.78 is 11.1. The molecule has 21 heavy (non-hydrogen) atoms. The second kappa shape index (κ2) is 4.25. The molecule has 3 heterocycles. The van der Waals surface area contributed by atoms with Crippen molar-refractivity contribution in [3.63, 3.8) is 0 Å². The van der Waals surface area contributed by atoms with Crippen LogP contribution in [0.2, 0.25) is 0 Å². The number of morpholine rings is 1. The zero-order chi connectivity index (χ0) is 14.7. The van der Waals surface area contributed by atoms with Gasteiger partial charge < -0.3 is 15.1 Å². The Morgan fingerprint density at radius 2 is 2.05 bits per heavy atom. The lowest BCUT2D eigenvalue weighted by Gasteiger charge is -2.38. The molecular weight excluding hydrogens is 276 g/mol. The van der Waals surface area contributed by atoms with E-state index in [-0.39, 0.29) is 6.42 Å². The Morgan fingerprint density at radius 3 is 2.81 bits per heavy atom. The van der Waals surface area contributed by atoms with E-state index in [1.54, 1.807) is 0 Å². The van der Waals surface area contributed by atoms with E-state index < -0.39 is 11.3 Å². The second-order valence-corrected chi connectivity index (χ2v) is 6.15. The number of hydroxylamine groups is 1. The fourth-order valence-corrected chi connectivity index (χ4v) is 3.85. The minimum Gasteiger partial charge on any atom is -0.622 e. The maximum atomic E-state index is 12.9. The van der Waals surface area contributed by atoms with Gasteiger partial charge in [0.1, 0.15) is 5.69 Å². The molecule has 0 amide bonds. The minimum atomic E-state index is -1.36. The molecule has 1 aliphatic carbocycles. The molecule has 1 aromatic heterocycles. The zero-order valence-corrected chi connectivity index (χ0v) is 11.9.